The van der Waals surface area contributed by atoms with Crippen LogP contribution in [0.1, 0.15) is 0 Å². The standard InChI is InChI=1S/C11H11N3OS/c1-15-10-6-4-3-5-8(10)9-7-12-14-11(13-9)16-2/h3-7H,1-2H3. The molecule has 5 heteroatoms. The highest BCUT2D eigenvalue weighted by Gasteiger charge is 2.07. The quantitative estimate of drug-likeness (QED) is 0.761. The van der Waals surface area contributed by atoms with Crippen molar-refractivity contribution in [3.63, 3.8) is 0 Å². The summed E-state index contributed by atoms with van der Waals surface area (Å²) >= 11 is 1.47. The van der Waals surface area contributed by atoms with Gasteiger partial charge in [-0.25, -0.2) is 4.98 Å². The van der Waals surface area contributed by atoms with Crippen molar-refractivity contribution < 1.29 is 4.74 Å². The van der Waals surface area contributed by atoms with E-state index in [4.69, 9.17) is 4.74 Å². The first-order valence-electron chi connectivity index (χ1n) is 4.72. The Morgan fingerprint density at radius 1 is 1.25 bits per heavy atom. The van der Waals surface area contributed by atoms with Crippen LogP contribution in [0, 0.1) is 0 Å². The van der Waals surface area contributed by atoms with Crippen LogP contribution in [0.3, 0.4) is 0 Å². The zero-order valence-corrected chi connectivity index (χ0v) is 9.86. The SMILES string of the molecule is COc1ccccc1-c1cnnc(SC)n1. The third-order valence-electron chi connectivity index (χ3n) is 2.10. The summed E-state index contributed by atoms with van der Waals surface area (Å²) in [6, 6.07) is 7.72. The van der Waals surface area contributed by atoms with Gasteiger partial charge in [0.1, 0.15) is 5.75 Å². The molecule has 0 unspecified atom stereocenters. The van der Waals surface area contributed by atoms with Gasteiger partial charge in [0.2, 0.25) is 5.16 Å². The van der Waals surface area contributed by atoms with Crippen molar-refractivity contribution >= 4 is 11.8 Å². The van der Waals surface area contributed by atoms with E-state index in [-0.39, 0.29) is 0 Å². The molecule has 0 N–H and O–H groups in total. The molecule has 4 nitrogen and oxygen atoms in total. The Hall–Kier alpha value is -1.62. The van der Waals surface area contributed by atoms with Crippen LogP contribution in [0.25, 0.3) is 11.3 Å². The molecule has 2 aromatic rings. The highest BCUT2D eigenvalue weighted by atomic mass is 32.2. The monoisotopic (exact) mass is 233 g/mol. The van der Waals surface area contributed by atoms with Gasteiger partial charge in [-0.1, -0.05) is 23.9 Å². The fourth-order valence-corrected chi connectivity index (χ4v) is 1.68. The van der Waals surface area contributed by atoms with Crippen LogP contribution in [0.4, 0.5) is 0 Å². The summed E-state index contributed by atoms with van der Waals surface area (Å²) < 4.78 is 5.28. The van der Waals surface area contributed by atoms with Crippen LogP contribution in [-0.2, 0) is 0 Å². The van der Waals surface area contributed by atoms with Gasteiger partial charge >= 0.3 is 0 Å². The number of thioether (sulfide) groups is 1. The lowest BCUT2D eigenvalue weighted by Crippen LogP contribution is -1.94. The summed E-state index contributed by atoms with van der Waals surface area (Å²) in [6.45, 7) is 0. The van der Waals surface area contributed by atoms with Crippen molar-refractivity contribution in [2.24, 2.45) is 0 Å². The molecule has 0 amide bonds. The van der Waals surface area contributed by atoms with Crippen LogP contribution >= 0.6 is 11.8 Å². The zero-order valence-electron chi connectivity index (χ0n) is 9.04. The zero-order chi connectivity index (χ0) is 11.4. The molecule has 0 saturated heterocycles. The van der Waals surface area contributed by atoms with Crippen molar-refractivity contribution in [1.82, 2.24) is 15.2 Å². The highest BCUT2D eigenvalue weighted by Crippen LogP contribution is 2.27. The van der Waals surface area contributed by atoms with Gasteiger partial charge < -0.3 is 4.74 Å². The van der Waals surface area contributed by atoms with Crippen LogP contribution in [0.5, 0.6) is 5.75 Å². The lowest BCUT2D eigenvalue weighted by atomic mass is 10.1. The highest BCUT2D eigenvalue weighted by molar-refractivity contribution is 7.98. The number of nitrogens with zero attached hydrogens (tertiary/aromatic N) is 3. The molecule has 2 rings (SSSR count). The van der Waals surface area contributed by atoms with Gasteiger partial charge in [-0.15, -0.1) is 5.10 Å². The minimum absolute atomic E-state index is 0.656. The van der Waals surface area contributed by atoms with Gasteiger partial charge in [0.05, 0.1) is 19.0 Å². The van der Waals surface area contributed by atoms with E-state index in [2.05, 4.69) is 15.2 Å². The Kier molecular flexibility index (Phi) is 3.36. The number of aromatic nitrogens is 3. The predicted octanol–water partition coefficient (Wildman–Crippen LogP) is 2.27. The van der Waals surface area contributed by atoms with Crippen LogP contribution in [-0.4, -0.2) is 28.5 Å². The summed E-state index contributed by atoms with van der Waals surface area (Å²) in [5, 5.41) is 8.47. The molecule has 1 heterocycles. The summed E-state index contributed by atoms with van der Waals surface area (Å²) in [4.78, 5) is 4.38. The number of hydrogen-bond donors (Lipinski definition) is 0. The van der Waals surface area contributed by atoms with Crippen LogP contribution in [0.2, 0.25) is 0 Å². The van der Waals surface area contributed by atoms with Gasteiger partial charge in [0.15, 0.2) is 0 Å². The average Bonchev–Trinajstić information content (AvgIpc) is 2.38. The van der Waals surface area contributed by atoms with Crippen LogP contribution in [0.15, 0.2) is 35.6 Å². The summed E-state index contributed by atoms with van der Waals surface area (Å²) in [7, 11) is 1.64. The number of methoxy groups -OCH3 is 1. The Balaban J connectivity index is 2.49. The first kappa shape index (κ1) is 10.9. The smallest absolute Gasteiger partial charge is 0.209 e. The molecule has 0 aliphatic carbocycles. The molecule has 1 aromatic heterocycles. The maximum Gasteiger partial charge on any atom is 0.209 e. The molecule has 16 heavy (non-hydrogen) atoms. The molecule has 0 aliphatic heterocycles. The van der Waals surface area contributed by atoms with E-state index in [9.17, 15) is 0 Å². The topological polar surface area (TPSA) is 47.9 Å². The molecular weight excluding hydrogens is 222 g/mol. The Labute approximate surface area is 98.1 Å². The van der Waals surface area contributed by atoms with E-state index in [0.717, 1.165) is 17.0 Å². The van der Waals surface area contributed by atoms with E-state index in [0.29, 0.717) is 5.16 Å². The maximum atomic E-state index is 5.28. The number of para-hydroxylation sites is 1. The second-order valence-electron chi connectivity index (χ2n) is 3.03. The van der Waals surface area contributed by atoms with E-state index in [1.54, 1.807) is 13.3 Å². The molecule has 0 bridgehead atoms. The Morgan fingerprint density at radius 2 is 2.06 bits per heavy atom. The van der Waals surface area contributed by atoms with Gasteiger partial charge in [-0.2, -0.15) is 5.10 Å². The fraction of sp³-hybridized carbons (Fsp3) is 0.182. The molecule has 0 saturated carbocycles. The lowest BCUT2D eigenvalue weighted by Gasteiger charge is -2.06. The Morgan fingerprint density at radius 3 is 2.81 bits per heavy atom. The minimum atomic E-state index is 0.656. The number of rotatable bonds is 3. The Bertz CT molecular complexity index is 490. The van der Waals surface area contributed by atoms with Crippen molar-refractivity contribution in [3.8, 4) is 17.0 Å². The minimum Gasteiger partial charge on any atom is -0.496 e. The molecule has 82 valence electrons. The molecular formula is C11H11N3OS. The van der Waals surface area contributed by atoms with Crippen molar-refractivity contribution in [1.29, 1.82) is 0 Å². The summed E-state index contributed by atoms with van der Waals surface area (Å²) in [5.74, 6) is 0.787. The first-order chi connectivity index (χ1) is 7.85. The molecule has 0 radical (unpaired) electrons. The first-order valence-corrected chi connectivity index (χ1v) is 5.94. The van der Waals surface area contributed by atoms with Gasteiger partial charge in [0.25, 0.3) is 0 Å². The largest absolute Gasteiger partial charge is 0.496 e. The van der Waals surface area contributed by atoms with E-state index in [1.807, 2.05) is 30.5 Å². The molecule has 0 spiro atoms. The predicted molar refractivity (Wildman–Crippen MR) is 63.6 cm³/mol. The normalized spacial score (nSPS) is 10.1. The van der Waals surface area contributed by atoms with Gasteiger partial charge in [-0.05, 0) is 18.4 Å². The molecule has 0 aliphatic rings. The number of hydrogen-bond acceptors (Lipinski definition) is 5. The maximum absolute atomic E-state index is 5.28. The second kappa shape index (κ2) is 4.94. The van der Waals surface area contributed by atoms with Gasteiger partial charge in [-0.3, -0.25) is 0 Å². The molecule has 0 fully saturated rings. The van der Waals surface area contributed by atoms with Gasteiger partial charge in [0, 0.05) is 5.56 Å². The fourth-order valence-electron chi connectivity index (χ4n) is 1.36. The van der Waals surface area contributed by atoms with E-state index < -0.39 is 0 Å². The lowest BCUT2D eigenvalue weighted by molar-refractivity contribution is 0.416. The van der Waals surface area contributed by atoms with Crippen molar-refractivity contribution in [3.05, 3.63) is 30.5 Å². The molecule has 0 atom stereocenters. The summed E-state index contributed by atoms with van der Waals surface area (Å²) in [5.41, 5.74) is 1.70. The van der Waals surface area contributed by atoms with Crippen molar-refractivity contribution in [2.75, 3.05) is 13.4 Å². The second-order valence-corrected chi connectivity index (χ2v) is 3.80. The number of benzene rings is 1. The van der Waals surface area contributed by atoms with E-state index >= 15 is 0 Å². The van der Waals surface area contributed by atoms with Crippen molar-refractivity contribution in [2.45, 2.75) is 5.16 Å². The molecule has 1 aromatic carbocycles. The average molecular weight is 233 g/mol. The van der Waals surface area contributed by atoms with E-state index in [1.165, 1.54) is 11.8 Å². The third-order valence-corrected chi connectivity index (χ3v) is 2.64. The third kappa shape index (κ3) is 2.14. The van der Waals surface area contributed by atoms with Crippen LogP contribution < -0.4 is 4.74 Å². The number of ether oxygens (including phenoxy) is 1. The summed E-state index contributed by atoms with van der Waals surface area (Å²) in [6.07, 6.45) is 3.56.